The van der Waals surface area contributed by atoms with Crippen LogP contribution >= 0.6 is 0 Å². The normalized spacial score (nSPS) is 10.7. The zero-order chi connectivity index (χ0) is 25.2. The fourth-order valence-electron chi connectivity index (χ4n) is 3.90. The molecule has 1 amide bonds. The van der Waals surface area contributed by atoms with Crippen molar-refractivity contribution in [1.82, 2.24) is 10.3 Å². The molecule has 2 aromatic carbocycles. The maximum absolute atomic E-state index is 12.7. The summed E-state index contributed by atoms with van der Waals surface area (Å²) in [7, 11) is 1.61. The highest BCUT2D eigenvalue weighted by Gasteiger charge is 2.16. The minimum absolute atomic E-state index is 0.0414. The lowest BCUT2D eigenvalue weighted by Crippen LogP contribution is -2.23. The number of Topliss-reactive ketones (excluding diaryl/α,β-unsaturated/α-hetero) is 2. The summed E-state index contributed by atoms with van der Waals surface area (Å²) >= 11 is 0. The standard InChI is InChI=1S/C29H32N2O4/c1-4-22(5-2)28(33)23-12-9-21(10-13-23)19-31-29(34)24-15-16-30-26(18-24)27(32)14-11-20-7-6-8-25(17-20)35-3/h6-10,12-13,15-18,22H,4-5,11,14,19H2,1-3H3,(H,31,34). The van der Waals surface area contributed by atoms with E-state index in [4.69, 9.17) is 4.74 Å². The maximum atomic E-state index is 12.7. The molecule has 0 saturated carbocycles. The van der Waals surface area contributed by atoms with Crippen LogP contribution in [0.4, 0.5) is 0 Å². The molecular weight excluding hydrogens is 440 g/mol. The van der Waals surface area contributed by atoms with Crippen molar-refractivity contribution in [2.24, 2.45) is 5.92 Å². The van der Waals surface area contributed by atoms with E-state index in [0.717, 1.165) is 29.7 Å². The Kier molecular flexibility index (Phi) is 9.30. The zero-order valence-corrected chi connectivity index (χ0v) is 20.5. The molecule has 3 rings (SSSR count). The summed E-state index contributed by atoms with van der Waals surface area (Å²) in [5.41, 5.74) is 3.23. The fraction of sp³-hybridized carbons (Fsp3) is 0.310. The number of rotatable bonds is 12. The number of carbonyl (C=O) groups excluding carboxylic acids is 3. The first-order chi connectivity index (χ1) is 16.9. The number of nitrogens with one attached hydrogen (secondary N) is 1. The van der Waals surface area contributed by atoms with E-state index in [2.05, 4.69) is 10.3 Å². The van der Waals surface area contributed by atoms with Gasteiger partial charge in [0.1, 0.15) is 11.4 Å². The molecule has 0 atom stereocenters. The lowest BCUT2D eigenvalue weighted by molar-refractivity contribution is 0.0910. The van der Waals surface area contributed by atoms with Gasteiger partial charge in [-0.25, -0.2) is 0 Å². The van der Waals surface area contributed by atoms with Gasteiger partial charge in [-0.2, -0.15) is 0 Å². The highest BCUT2D eigenvalue weighted by molar-refractivity contribution is 5.99. The smallest absolute Gasteiger partial charge is 0.251 e. The number of carbonyl (C=O) groups is 3. The van der Waals surface area contributed by atoms with E-state index in [9.17, 15) is 14.4 Å². The third-order valence-electron chi connectivity index (χ3n) is 6.13. The Morgan fingerprint density at radius 2 is 1.66 bits per heavy atom. The predicted octanol–water partition coefficient (Wildman–Crippen LogP) is 5.45. The first-order valence-corrected chi connectivity index (χ1v) is 12.0. The second kappa shape index (κ2) is 12.6. The molecule has 1 aromatic heterocycles. The number of nitrogens with zero attached hydrogens (tertiary/aromatic N) is 1. The van der Waals surface area contributed by atoms with E-state index in [1.807, 2.05) is 62.4 Å². The summed E-state index contributed by atoms with van der Waals surface area (Å²) in [6, 6.07) is 18.1. The van der Waals surface area contributed by atoms with Gasteiger partial charge in [0.15, 0.2) is 11.6 Å². The van der Waals surface area contributed by atoms with Crippen molar-refractivity contribution < 1.29 is 19.1 Å². The molecular formula is C29H32N2O4. The molecule has 0 bridgehead atoms. The molecule has 35 heavy (non-hydrogen) atoms. The van der Waals surface area contributed by atoms with Gasteiger partial charge in [0.2, 0.25) is 0 Å². The Hall–Kier alpha value is -3.80. The van der Waals surface area contributed by atoms with Crippen molar-refractivity contribution >= 4 is 17.5 Å². The fourth-order valence-corrected chi connectivity index (χ4v) is 3.90. The number of aryl methyl sites for hydroxylation is 1. The number of hydrogen-bond acceptors (Lipinski definition) is 5. The summed E-state index contributed by atoms with van der Waals surface area (Å²) in [6.45, 7) is 4.36. The third kappa shape index (κ3) is 7.09. The molecule has 0 spiro atoms. The zero-order valence-electron chi connectivity index (χ0n) is 20.5. The molecule has 1 heterocycles. The van der Waals surface area contributed by atoms with Gasteiger partial charge in [-0.1, -0.05) is 50.2 Å². The second-order valence-electron chi connectivity index (χ2n) is 8.46. The Balaban J connectivity index is 1.56. The van der Waals surface area contributed by atoms with E-state index >= 15 is 0 Å². The van der Waals surface area contributed by atoms with Gasteiger partial charge in [-0.3, -0.25) is 19.4 Å². The molecule has 1 N–H and O–H groups in total. The van der Waals surface area contributed by atoms with Crippen LogP contribution < -0.4 is 10.1 Å². The first-order valence-electron chi connectivity index (χ1n) is 12.0. The molecule has 6 nitrogen and oxygen atoms in total. The minimum Gasteiger partial charge on any atom is -0.497 e. The number of amides is 1. The van der Waals surface area contributed by atoms with Crippen LogP contribution in [0.1, 0.15) is 75.4 Å². The van der Waals surface area contributed by atoms with E-state index in [1.165, 1.54) is 12.3 Å². The van der Waals surface area contributed by atoms with E-state index in [-0.39, 0.29) is 35.5 Å². The average molecular weight is 473 g/mol. The Bertz CT molecular complexity index is 1170. The molecule has 0 aliphatic carbocycles. The molecule has 0 fully saturated rings. The molecule has 3 aromatic rings. The van der Waals surface area contributed by atoms with Crippen molar-refractivity contribution in [2.45, 2.75) is 46.1 Å². The lowest BCUT2D eigenvalue weighted by Gasteiger charge is -2.11. The van der Waals surface area contributed by atoms with Gasteiger partial charge in [0, 0.05) is 36.2 Å². The Morgan fingerprint density at radius 1 is 0.914 bits per heavy atom. The van der Waals surface area contributed by atoms with Gasteiger partial charge in [0.25, 0.3) is 5.91 Å². The van der Waals surface area contributed by atoms with Crippen LogP contribution in [0.3, 0.4) is 0 Å². The van der Waals surface area contributed by atoms with Gasteiger partial charge in [-0.05, 0) is 54.7 Å². The molecule has 182 valence electrons. The minimum atomic E-state index is -0.286. The first kappa shape index (κ1) is 25.8. The van der Waals surface area contributed by atoms with E-state index < -0.39 is 0 Å². The van der Waals surface area contributed by atoms with Crippen LogP contribution in [0, 0.1) is 5.92 Å². The van der Waals surface area contributed by atoms with Gasteiger partial charge < -0.3 is 10.1 Å². The molecule has 0 aliphatic heterocycles. The van der Waals surface area contributed by atoms with Crippen LogP contribution in [0.25, 0.3) is 0 Å². The Labute approximate surface area is 206 Å². The highest BCUT2D eigenvalue weighted by atomic mass is 16.5. The van der Waals surface area contributed by atoms with Crippen molar-refractivity contribution in [2.75, 3.05) is 7.11 Å². The third-order valence-corrected chi connectivity index (χ3v) is 6.13. The van der Waals surface area contributed by atoms with Crippen LogP contribution in [-0.4, -0.2) is 29.6 Å². The largest absolute Gasteiger partial charge is 0.497 e. The van der Waals surface area contributed by atoms with Gasteiger partial charge >= 0.3 is 0 Å². The number of benzene rings is 2. The number of ether oxygens (including phenoxy) is 1. The molecule has 0 unspecified atom stereocenters. The van der Waals surface area contributed by atoms with Crippen molar-refractivity contribution in [3.8, 4) is 5.75 Å². The molecule has 0 radical (unpaired) electrons. The van der Waals surface area contributed by atoms with Gasteiger partial charge in [0.05, 0.1) is 7.11 Å². The van der Waals surface area contributed by atoms with Gasteiger partial charge in [-0.15, -0.1) is 0 Å². The van der Waals surface area contributed by atoms with Crippen molar-refractivity contribution in [3.63, 3.8) is 0 Å². The number of ketones is 2. The maximum Gasteiger partial charge on any atom is 0.251 e. The topological polar surface area (TPSA) is 85.4 Å². The van der Waals surface area contributed by atoms with Crippen molar-refractivity contribution in [1.29, 1.82) is 0 Å². The summed E-state index contributed by atoms with van der Waals surface area (Å²) < 4.78 is 5.22. The number of hydrogen-bond donors (Lipinski definition) is 1. The van der Waals surface area contributed by atoms with E-state index in [1.54, 1.807) is 13.2 Å². The summed E-state index contributed by atoms with van der Waals surface area (Å²) in [5.74, 6) is 0.538. The van der Waals surface area contributed by atoms with Crippen LogP contribution in [0.2, 0.25) is 0 Å². The van der Waals surface area contributed by atoms with E-state index in [0.29, 0.717) is 24.1 Å². The Morgan fingerprint density at radius 3 is 2.34 bits per heavy atom. The molecule has 0 saturated heterocycles. The predicted molar refractivity (Wildman–Crippen MR) is 136 cm³/mol. The quantitative estimate of drug-likeness (QED) is 0.354. The number of pyridine rings is 1. The number of aromatic nitrogens is 1. The lowest BCUT2D eigenvalue weighted by atomic mass is 9.92. The van der Waals surface area contributed by atoms with Crippen molar-refractivity contribution in [3.05, 3.63) is 94.8 Å². The summed E-state index contributed by atoms with van der Waals surface area (Å²) in [6.07, 6.45) is 3.97. The second-order valence-corrected chi connectivity index (χ2v) is 8.46. The number of methoxy groups -OCH3 is 1. The molecule has 6 heteroatoms. The van der Waals surface area contributed by atoms with Crippen LogP contribution in [-0.2, 0) is 13.0 Å². The van der Waals surface area contributed by atoms with Crippen LogP contribution in [0.15, 0.2) is 66.9 Å². The van der Waals surface area contributed by atoms with Crippen LogP contribution in [0.5, 0.6) is 5.75 Å². The summed E-state index contributed by atoms with van der Waals surface area (Å²) in [4.78, 5) is 42.0. The SMILES string of the molecule is CCC(CC)C(=O)c1ccc(CNC(=O)c2ccnc(C(=O)CCc3cccc(OC)c3)c2)cc1. The highest BCUT2D eigenvalue weighted by Crippen LogP contribution is 2.17. The average Bonchev–Trinajstić information content (AvgIpc) is 2.91. The summed E-state index contributed by atoms with van der Waals surface area (Å²) in [5, 5.41) is 2.87. The molecule has 0 aliphatic rings. The monoisotopic (exact) mass is 472 g/mol.